The molecule has 2 heterocycles. The number of aliphatic hydroxyl groups excluding tert-OH is 1. The van der Waals surface area contributed by atoms with Crippen molar-refractivity contribution < 1.29 is 72.8 Å². The lowest BCUT2D eigenvalue weighted by atomic mass is 9.43. The third-order valence-electron chi connectivity index (χ3n) is 15.3. The van der Waals surface area contributed by atoms with E-state index in [0.717, 1.165) is 7.11 Å². The van der Waals surface area contributed by atoms with Gasteiger partial charge in [0.15, 0.2) is 11.4 Å². The number of ether oxygens (including phenoxy) is 5. The van der Waals surface area contributed by atoms with Crippen molar-refractivity contribution in [1.29, 1.82) is 0 Å². The summed E-state index contributed by atoms with van der Waals surface area (Å²) in [6.07, 6.45) is -0.0385. The van der Waals surface area contributed by atoms with E-state index < -0.39 is 94.4 Å². The molecule has 0 aromatic carbocycles. The van der Waals surface area contributed by atoms with E-state index in [9.17, 15) is 44.2 Å². The summed E-state index contributed by atoms with van der Waals surface area (Å²) >= 11 is 0. The predicted octanol–water partition coefficient (Wildman–Crippen LogP) is 1.99. The zero-order chi connectivity index (χ0) is 39.4. The minimum absolute atomic E-state index is 0.0114. The number of fused-ring (bicyclic) bond motifs is 7. The third-order valence-corrected chi connectivity index (χ3v) is 15.3. The fraction of sp³-hybridized carbons (Fsp3) is 0.650. The number of Topliss-reactive ketones (excluding diaryl/α,β-unsaturated/α-hetero) is 1. The van der Waals surface area contributed by atoms with Gasteiger partial charge in [-0.3, -0.25) is 19.6 Å². The molecule has 0 saturated heterocycles. The van der Waals surface area contributed by atoms with Crippen LogP contribution in [0, 0.1) is 46.3 Å². The Kier molecular flexibility index (Phi) is 7.59. The maximum Gasteiger partial charge on any atom is 0.338 e. The topological polar surface area (TPSA) is 218 Å². The van der Waals surface area contributed by atoms with Crippen LogP contribution in [0.3, 0.4) is 0 Å². The lowest BCUT2D eigenvalue weighted by Crippen LogP contribution is -2.67. The average molecular weight is 765 g/mol. The highest BCUT2D eigenvalue weighted by molar-refractivity contribution is 6.12. The molecule has 9 rings (SSSR count). The predicted molar refractivity (Wildman–Crippen MR) is 181 cm³/mol. The molecule has 0 radical (unpaired) electrons. The van der Waals surface area contributed by atoms with Crippen molar-refractivity contribution in [3.63, 3.8) is 0 Å². The Hall–Kier alpha value is -4.18. The summed E-state index contributed by atoms with van der Waals surface area (Å²) in [4.78, 5) is 86.6. The van der Waals surface area contributed by atoms with E-state index >= 15 is 0 Å². The van der Waals surface area contributed by atoms with E-state index in [1.807, 2.05) is 6.92 Å². The van der Waals surface area contributed by atoms with E-state index in [1.165, 1.54) is 13.0 Å². The molecule has 0 amide bonds. The van der Waals surface area contributed by atoms with Crippen LogP contribution in [0.5, 0.6) is 0 Å². The van der Waals surface area contributed by atoms with Crippen molar-refractivity contribution >= 4 is 35.6 Å². The first-order valence-electron chi connectivity index (χ1n) is 18.9. The molecule has 55 heavy (non-hydrogen) atoms. The Bertz CT molecular complexity index is 2040. The molecule has 2 aliphatic heterocycles. The minimum atomic E-state index is -1.79. The summed E-state index contributed by atoms with van der Waals surface area (Å²) in [6, 6.07) is 0. The summed E-state index contributed by atoms with van der Waals surface area (Å²) in [7, 11) is 1.16. The summed E-state index contributed by atoms with van der Waals surface area (Å²) in [6.45, 7) is 5.53. The van der Waals surface area contributed by atoms with Crippen molar-refractivity contribution in [3.8, 4) is 0 Å². The molecule has 1 spiro atoms. The van der Waals surface area contributed by atoms with Crippen molar-refractivity contribution in [2.75, 3.05) is 26.9 Å². The molecular formula is C40H44O15. The molecule has 12 atom stereocenters. The first-order chi connectivity index (χ1) is 26.0. The SMILES string of the molecule is COC(=O)C(C)=C1C(=O)C(O)C2(C)C3=C1C14OC(=O)C5=C1CC1C(O)(COC(=O)C=C(C)COC(=O)CCC(=O)OC5)C5CC5C1(C)C4CC3(OO)C1CC12. The highest BCUT2D eigenvalue weighted by atomic mass is 17.1. The van der Waals surface area contributed by atoms with Crippen LogP contribution < -0.4 is 0 Å². The number of esters is 5. The highest BCUT2D eigenvalue weighted by Crippen LogP contribution is 2.84. The molecule has 5 saturated carbocycles. The number of ketones is 1. The van der Waals surface area contributed by atoms with Gasteiger partial charge >= 0.3 is 29.8 Å². The first-order valence-corrected chi connectivity index (χ1v) is 18.9. The van der Waals surface area contributed by atoms with Gasteiger partial charge in [0.2, 0.25) is 0 Å². The Morgan fingerprint density at radius 1 is 0.927 bits per heavy atom. The van der Waals surface area contributed by atoms with Crippen LogP contribution in [-0.2, 0) is 57.3 Å². The molecule has 7 aliphatic carbocycles. The monoisotopic (exact) mass is 764 g/mol. The van der Waals surface area contributed by atoms with Gasteiger partial charge in [0, 0.05) is 40.0 Å². The molecule has 2 bridgehead atoms. The Labute approximate surface area is 315 Å². The van der Waals surface area contributed by atoms with E-state index in [0.29, 0.717) is 29.6 Å². The van der Waals surface area contributed by atoms with Crippen LogP contribution in [0.2, 0.25) is 0 Å². The van der Waals surface area contributed by atoms with Gasteiger partial charge in [-0.05, 0) is 85.3 Å². The number of carbonyl (C=O) groups is 6. The molecule has 5 fully saturated rings. The van der Waals surface area contributed by atoms with Crippen molar-refractivity contribution in [2.45, 2.75) is 89.1 Å². The van der Waals surface area contributed by atoms with E-state index in [-0.39, 0.29) is 78.3 Å². The number of rotatable bonds is 2. The number of hydrogen-bond acceptors (Lipinski definition) is 15. The maximum absolute atomic E-state index is 14.7. The van der Waals surface area contributed by atoms with Gasteiger partial charge in [-0.15, -0.1) is 0 Å². The van der Waals surface area contributed by atoms with Gasteiger partial charge in [0.1, 0.15) is 37.1 Å². The quantitative estimate of drug-likeness (QED) is 0.120. The second kappa shape index (κ2) is 11.5. The Morgan fingerprint density at radius 2 is 1.60 bits per heavy atom. The standard InChI is InChI=1S/C40H44O15/c1-16-8-28(43)53-15-38(48)22-9-20(22)36(3)24(38)11-19-18(14-52-27(42)7-6-26(41)51-13-16)35(47)54-40(19)25(36)12-39(55-49)23-10-21(23)37(4)32(39)30(40)29(31(44)33(37)45)17(2)34(46)50-5/h8,20-25,33,45,48-49H,6-7,9-15H2,1-5H3. The van der Waals surface area contributed by atoms with Crippen LogP contribution in [0.4, 0.5) is 0 Å². The number of hydrogen-bond donors (Lipinski definition) is 3. The molecule has 15 nitrogen and oxygen atoms in total. The molecule has 0 aromatic heterocycles. The van der Waals surface area contributed by atoms with Crippen LogP contribution in [0.25, 0.3) is 0 Å². The summed E-state index contributed by atoms with van der Waals surface area (Å²) < 4.78 is 28.3. The second-order valence-corrected chi connectivity index (χ2v) is 17.5. The summed E-state index contributed by atoms with van der Waals surface area (Å²) in [5.41, 5.74) is -6.19. The van der Waals surface area contributed by atoms with Crippen LogP contribution in [0.1, 0.15) is 66.2 Å². The maximum atomic E-state index is 14.7. The summed E-state index contributed by atoms with van der Waals surface area (Å²) in [5, 5.41) is 35.8. The fourth-order valence-corrected chi connectivity index (χ4v) is 12.8. The smallest absolute Gasteiger partial charge is 0.338 e. The average Bonchev–Trinajstić information content (AvgIpc) is 4.08. The molecule has 9 aliphatic rings. The lowest BCUT2D eigenvalue weighted by molar-refractivity contribution is -0.330. The molecule has 15 heteroatoms. The van der Waals surface area contributed by atoms with E-state index in [1.54, 1.807) is 13.8 Å². The van der Waals surface area contributed by atoms with Gasteiger partial charge in [-0.2, -0.15) is 0 Å². The van der Waals surface area contributed by atoms with Gasteiger partial charge in [0.05, 0.1) is 25.5 Å². The Balaban J connectivity index is 1.31. The number of methoxy groups -OCH3 is 1. The third kappa shape index (κ3) is 4.35. The normalized spacial score (nSPS) is 46.4. The van der Waals surface area contributed by atoms with Gasteiger partial charge in [-0.25, -0.2) is 19.3 Å². The van der Waals surface area contributed by atoms with Crippen LogP contribution in [0.15, 0.2) is 45.1 Å². The van der Waals surface area contributed by atoms with Gasteiger partial charge in [0.25, 0.3) is 0 Å². The zero-order valence-electron chi connectivity index (χ0n) is 31.2. The molecular weight excluding hydrogens is 720 g/mol. The van der Waals surface area contributed by atoms with Gasteiger partial charge < -0.3 is 33.9 Å². The Morgan fingerprint density at radius 3 is 2.27 bits per heavy atom. The number of cyclic esters (lactones) is 3. The fourth-order valence-electron chi connectivity index (χ4n) is 12.8. The second-order valence-electron chi connectivity index (χ2n) is 17.5. The highest BCUT2D eigenvalue weighted by Gasteiger charge is 2.86. The first kappa shape index (κ1) is 36.5. The minimum Gasteiger partial charge on any atom is -0.466 e. The van der Waals surface area contributed by atoms with Crippen LogP contribution >= 0.6 is 0 Å². The molecule has 294 valence electrons. The van der Waals surface area contributed by atoms with Crippen molar-refractivity contribution in [3.05, 3.63) is 45.1 Å². The molecule has 12 unspecified atom stereocenters. The lowest BCUT2D eigenvalue weighted by Gasteiger charge is -2.63. The van der Waals surface area contributed by atoms with Crippen LogP contribution in [-0.4, -0.2) is 101 Å². The van der Waals surface area contributed by atoms with Gasteiger partial charge in [-0.1, -0.05) is 13.8 Å². The molecule has 0 aromatic rings. The van der Waals surface area contributed by atoms with E-state index in [2.05, 4.69) is 0 Å². The van der Waals surface area contributed by atoms with E-state index in [4.69, 9.17) is 28.6 Å². The van der Waals surface area contributed by atoms with Crippen molar-refractivity contribution in [1.82, 2.24) is 0 Å². The zero-order valence-corrected chi connectivity index (χ0v) is 31.2. The summed E-state index contributed by atoms with van der Waals surface area (Å²) in [5.74, 6) is -7.38. The largest absolute Gasteiger partial charge is 0.466 e. The number of aliphatic hydroxyl groups is 2. The molecule has 3 N–H and O–H groups in total. The van der Waals surface area contributed by atoms with Crippen molar-refractivity contribution in [2.24, 2.45) is 46.3 Å². The number of carbonyl (C=O) groups excluding carboxylic acids is 6.